The van der Waals surface area contributed by atoms with E-state index in [-0.39, 0.29) is 12.1 Å². The van der Waals surface area contributed by atoms with Crippen LogP contribution in [0.2, 0.25) is 0 Å². The number of pyridine rings is 1. The van der Waals surface area contributed by atoms with Gasteiger partial charge in [-0.15, -0.1) is 0 Å². The molecule has 7 heteroatoms. The van der Waals surface area contributed by atoms with Crippen molar-refractivity contribution in [3.8, 4) is 17.4 Å². The van der Waals surface area contributed by atoms with E-state index in [1.165, 1.54) is 12.0 Å². The molecule has 0 radical (unpaired) electrons. The number of nitrogens with one attached hydrogen (secondary N) is 1. The number of para-hydroxylation sites is 2. The highest BCUT2D eigenvalue weighted by Crippen LogP contribution is 2.31. The number of urea groups is 1. The van der Waals surface area contributed by atoms with Gasteiger partial charge >= 0.3 is 6.03 Å². The molecular weight excluding hydrogens is 310 g/mol. The second-order valence-corrected chi connectivity index (χ2v) is 5.37. The molecule has 0 unspecified atom stereocenters. The van der Waals surface area contributed by atoms with E-state index in [1.54, 1.807) is 25.4 Å². The van der Waals surface area contributed by atoms with Crippen molar-refractivity contribution in [3.63, 3.8) is 0 Å². The minimum atomic E-state index is -0.274. The zero-order valence-electron chi connectivity index (χ0n) is 13.6. The summed E-state index contributed by atoms with van der Waals surface area (Å²) in [6.45, 7) is 0.785. The summed E-state index contributed by atoms with van der Waals surface area (Å²) < 4.78 is 16.6. The van der Waals surface area contributed by atoms with E-state index in [2.05, 4.69) is 10.3 Å². The van der Waals surface area contributed by atoms with Crippen LogP contribution in [0.5, 0.6) is 17.4 Å². The summed E-state index contributed by atoms with van der Waals surface area (Å²) in [5, 5.41) is 2.77. The largest absolute Gasteiger partial charge is 0.486 e. The monoisotopic (exact) mass is 329 g/mol. The van der Waals surface area contributed by atoms with Crippen molar-refractivity contribution in [2.75, 3.05) is 32.6 Å². The Morgan fingerprint density at radius 3 is 2.92 bits per heavy atom. The number of hydrogen-bond acceptors (Lipinski definition) is 5. The van der Waals surface area contributed by atoms with Crippen LogP contribution in [0.3, 0.4) is 0 Å². The molecule has 2 amide bonds. The number of amides is 2. The van der Waals surface area contributed by atoms with Crippen LogP contribution < -0.4 is 19.5 Å². The maximum absolute atomic E-state index is 12.3. The molecule has 1 N–H and O–H groups in total. The van der Waals surface area contributed by atoms with Crippen molar-refractivity contribution < 1.29 is 19.0 Å². The number of hydrogen-bond donors (Lipinski definition) is 1. The van der Waals surface area contributed by atoms with Gasteiger partial charge in [-0.2, -0.15) is 0 Å². The van der Waals surface area contributed by atoms with Crippen molar-refractivity contribution in [1.82, 2.24) is 9.88 Å². The molecule has 1 aromatic carbocycles. The molecule has 24 heavy (non-hydrogen) atoms. The Balaban J connectivity index is 1.59. The van der Waals surface area contributed by atoms with Crippen LogP contribution in [0.4, 0.5) is 10.5 Å². The summed E-state index contributed by atoms with van der Waals surface area (Å²) in [6, 6.07) is 10.7. The van der Waals surface area contributed by atoms with Gasteiger partial charge in [0, 0.05) is 13.2 Å². The normalized spacial score (nSPS) is 15.5. The van der Waals surface area contributed by atoms with Crippen molar-refractivity contribution in [2.24, 2.45) is 0 Å². The highest BCUT2D eigenvalue weighted by Gasteiger charge is 2.24. The molecule has 0 spiro atoms. The minimum Gasteiger partial charge on any atom is -0.486 e. The molecule has 0 saturated heterocycles. The van der Waals surface area contributed by atoms with E-state index >= 15 is 0 Å². The van der Waals surface area contributed by atoms with E-state index in [1.807, 2.05) is 24.3 Å². The number of ether oxygens (including phenoxy) is 3. The quantitative estimate of drug-likeness (QED) is 0.932. The Hall–Kier alpha value is -2.96. The molecule has 7 nitrogen and oxygen atoms in total. The number of benzene rings is 1. The molecule has 1 aromatic heterocycles. The molecule has 126 valence electrons. The number of fused-ring (bicyclic) bond motifs is 1. The Morgan fingerprint density at radius 2 is 2.12 bits per heavy atom. The van der Waals surface area contributed by atoms with Crippen LogP contribution >= 0.6 is 0 Å². The smallest absolute Gasteiger partial charge is 0.321 e. The van der Waals surface area contributed by atoms with Gasteiger partial charge in [0.1, 0.15) is 12.3 Å². The molecular formula is C17H19N3O4. The fraction of sp³-hybridized carbons (Fsp3) is 0.294. The molecule has 0 bridgehead atoms. The van der Waals surface area contributed by atoms with Gasteiger partial charge in [-0.05, 0) is 24.3 Å². The van der Waals surface area contributed by atoms with Crippen LogP contribution in [-0.2, 0) is 0 Å². The van der Waals surface area contributed by atoms with Gasteiger partial charge in [0.25, 0.3) is 0 Å². The number of likely N-dealkylation sites (N-methyl/N-ethyl adjacent to an activating group) is 1. The number of rotatable bonds is 4. The fourth-order valence-electron chi connectivity index (χ4n) is 2.40. The van der Waals surface area contributed by atoms with Gasteiger partial charge in [-0.1, -0.05) is 12.1 Å². The van der Waals surface area contributed by atoms with E-state index in [4.69, 9.17) is 14.2 Å². The minimum absolute atomic E-state index is 0.230. The topological polar surface area (TPSA) is 72.9 Å². The van der Waals surface area contributed by atoms with Crippen LogP contribution in [0, 0.1) is 0 Å². The maximum atomic E-state index is 12.3. The third kappa shape index (κ3) is 3.51. The lowest BCUT2D eigenvalue weighted by Crippen LogP contribution is -2.43. The second kappa shape index (κ2) is 7.08. The molecule has 0 saturated carbocycles. The van der Waals surface area contributed by atoms with Crippen molar-refractivity contribution in [1.29, 1.82) is 0 Å². The van der Waals surface area contributed by atoms with E-state index in [0.717, 1.165) is 5.75 Å². The van der Waals surface area contributed by atoms with Crippen LogP contribution in [-0.4, -0.2) is 49.3 Å². The van der Waals surface area contributed by atoms with Gasteiger partial charge in [0.2, 0.25) is 5.88 Å². The third-order valence-corrected chi connectivity index (χ3v) is 3.60. The molecule has 2 aromatic rings. The Kier molecular flexibility index (Phi) is 4.69. The predicted molar refractivity (Wildman–Crippen MR) is 88.8 cm³/mol. The molecule has 1 atom stereocenters. The summed E-state index contributed by atoms with van der Waals surface area (Å²) in [7, 11) is 3.20. The van der Waals surface area contributed by atoms with Crippen LogP contribution in [0.1, 0.15) is 0 Å². The van der Waals surface area contributed by atoms with E-state index in [9.17, 15) is 4.79 Å². The van der Waals surface area contributed by atoms with Crippen molar-refractivity contribution in [3.05, 3.63) is 42.6 Å². The van der Waals surface area contributed by atoms with Crippen LogP contribution in [0.25, 0.3) is 0 Å². The van der Waals surface area contributed by atoms with Gasteiger partial charge in [0.15, 0.2) is 17.6 Å². The first-order valence-electron chi connectivity index (χ1n) is 7.57. The average Bonchev–Trinajstić information content (AvgIpc) is 2.62. The van der Waals surface area contributed by atoms with E-state index in [0.29, 0.717) is 30.5 Å². The zero-order chi connectivity index (χ0) is 16.9. The number of carbonyl (C=O) groups is 1. The first kappa shape index (κ1) is 15.9. The lowest BCUT2D eigenvalue weighted by Gasteiger charge is -2.29. The second-order valence-electron chi connectivity index (χ2n) is 5.37. The Bertz CT molecular complexity index is 722. The first-order valence-corrected chi connectivity index (χ1v) is 7.57. The number of anilines is 1. The lowest BCUT2D eigenvalue weighted by molar-refractivity contribution is 0.0731. The lowest BCUT2D eigenvalue weighted by atomic mass is 10.2. The summed E-state index contributed by atoms with van der Waals surface area (Å²) in [5.41, 5.74) is 0.517. The summed E-state index contributed by atoms with van der Waals surface area (Å²) in [6.07, 6.45) is 1.37. The summed E-state index contributed by atoms with van der Waals surface area (Å²) in [4.78, 5) is 17.9. The molecule has 3 rings (SSSR count). The first-order chi connectivity index (χ1) is 11.7. The van der Waals surface area contributed by atoms with Gasteiger partial charge in [-0.25, -0.2) is 9.78 Å². The average molecular weight is 329 g/mol. The van der Waals surface area contributed by atoms with Crippen molar-refractivity contribution in [2.45, 2.75) is 6.10 Å². The predicted octanol–water partition coefficient (Wildman–Crippen LogP) is 2.39. The zero-order valence-corrected chi connectivity index (χ0v) is 13.6. The summed E-state index contributed by atoms with van der Waals surface area (Å²) in [5.74, 6) is 1.78. The number of aromatic nitrogens is 1. The van der Waals surface area contributed by atoms with Gasteiger partial charge in [0.05, 0.1) is 13.7 Å². The Labute approximate surface area is 140 Å². The molecule has 2 heterocycles. The summed E-state index contributed by atoms with van der Waals surface area (Å²) >= 11 is 0. The standard InChI is InChI=1S/C17H19N3O4/c1-20(17(21)19-13-6-5-9-18-16(13)22-2)10-12-11-23-14-7-3-4-8-15(14)24-12/h3-9,12H,10-11H2,1-2H3,(H,19,21)/t12-/m0/s1. The molecule has 0 fully saturated rings. The third-order valence-electron chi connectivity index (χ3n) is 3.60. The number of nitrogens with zero attached hydrogens (tertiary/aromatic N) is 2. The number of methoxy groups -OCH3 is 1. The molecule has 1 aliphatic heterocycles. The van der Waals surface area contributed by atoms with Crippen molar-refractivity contribution >= 4 is 11.7 Å². The van der Waals surface area contributed by atoms with Gasteiger partial charge in [-0.3, -0.25) is 0 Å². The maximum Gasteiger partial charge on any atom is 0.321 e. The number of carbonyl (C=O) groups excluding carboxylic acids is 1. The fourth-order valence-corrected chi connectivity index (χ4v) is 2.40. The van der Waals surface area contributed by atoms with E-state index < -0.39 is 0 Å². The highest BCUT2D eigenvalue weighted by molar-refractivity contribution is 5.90. The van der Waals surface area contributed by atoms with Crippen LogP contribution in [0.15, 0.2) is 42.6 Å². The molecule has 1 aliphatic rings. The van der Waals surface area contributed by atoms with Gasteiger partial charge < -0.3 is 24.4 Å². The molecule has 0 aliphatic carbocycles. The SMILES string of the molecule is COc1ncccc1NC(=O)N(C)C[C@H]1COc2ccccc2O1. The highest BCUT2D eigenvalue weighted by atomic mass is 16.6. The Morgan fingerprint density at radius 1 is 1.33 bits per heavy atom.